The lowest BCUT2D eigenvalue weighted by molar-refractivity contribution is 0.330. The van der Waals surface area contributed by atoms with Crippen LogP contribution >= 0.6 is 7.94 Å². The van der Waals surface area contributed by atoms with Gasteiger partial charge in [-0.3, -0.25) is 9.05 Å². The molecule has 0 saturated heterocycles. The summed E-state index contributed by atoms with van der Waals surface area (Å²) in [6, 6.07) is 8.94. The van der Waals surface area contributed by atoms with Gasteiger partial charge in [-0.25, -0.2) is 0 Å². The van der Waals surface area contributed by atoms with E-state index in [1.54, 1.807) is 0 Å². The van der Waals surface area contributed by atoms with E-state index in [9.17, 15) is 4.89 Å². The Morgan fingerprint density at radius 2 is 0.976 bits per heavy atom. The number of fused-ring (bicyclic) bond motifs is 2. The van der Waals surface area contributed by atoms with Crippen molar-refractivity contribution < 1.29 is 13.9 Å². The van der Waals surface area contributed by atoms with Crippen LogP contribution in [0.2, 0.25) is 0 Å². The van der Waals surface area contributed by atoms with Crippen molar-refractivity contribution in [2.45, 2.75) is 157 Å². The van der Waals surface area contributed by atoms with Gasteiger partial charge in [0, 0.05) is 28.7 Å². The largest absolute Gasteiger partial charge is 0.495 e. The number of aryl methyl sites for hydroxylation is 2. The molecule has 2 aromatic rings. The molecule has 1 aliphatic rings. The maximum atomic E-state index is 12.2. The molecule has 0 saturated carbocycles. The fourth-order valence-corrected chi connectivity index (χ4v) is 7.89. The highest BCUT2D eigenvalue weighted by molar-refractivity contribution is 7.61. The lowest BCUT2D eigenvalue weighted by atomic mass is 9.81. The SMILES string of the molecule is CCCCCCCCCCCCCC[P+]1(O)Oc2c(cc(C)cc2C(C)(C)C)Cc2cc(C)cc(C(C)(C)C)c2O1. The van der Waals surface area contributed by atoms with E-state index in [2.05, 4.69) is 86.6 Å². The molecule has 0 atom stereocenters. The van der Waals surface area contributed by atoms with Crippen molar-refractivity contribution in [3.8, 4) is 11.5 Å². The van der Waals surface area contributed by atoms with Gasteiger partial charge in [0.15, 0.2) is 17.7 Å². The molecule has 0 spiro atoms. The Bertz CT molecular complexity index is 1050. The Kier molecular flexibility index (Phi) is 12.2. The summed E-state index contributed by atoms with van der Waals surface area (Å²) in [6.45, 7) is 20.0. The number of benzene rings is 2. The van der Waals surface area contributed by atoms with E-state index in [1.807, 2.05) is 0 Å². The molecule has 1 heterocycles. The summed E-state index contributed by atoms with van der Waals surface area (Å²) in [5, 5.41) is 0. The minimum atomic E-state index is -3.20. The molecule has 3 rings (SSSR count). The monoisotopic (exact) mass is 583 g/mol. The van der Waals surface area contributed by atoms with E-state index in [1.165, 1.54) is 75.3 Å². The van der Waals surface area contributed by atoms with Crippen LogP contribution in [-0.2, 0) is 17.3 Å². The van der Waals surface area contributed by atoms with E-state index >= 15 is 0 Å². The normalized spacial score (nSPS) is 14.9. The molecular weight excluding hydrogens is 523 g/mol. The molecule has 0 fully saturated rings. The number of rotatable bonds is 13. The minimum absolute atomic E-state index is 0.109. The van der Waals surface area contributed by atoms with Crippen molar-refractivity contribution in [1.29, 1.82) is 0 Å². The van der Waals surface area contributed by atoms with Gasteiger partial charge >= 0.3 is 7.94 Å². The fourth-order valence-electron chi connectivity index (χ4n) is 6.04. The zero-order valence-electron chi connectivity index (χ0n) is 27.9. The molecular formula is C37H60O3P+. The second-order valence-electron chi connectivity index (χ2n) is 14.7. The first kappa shape index (κ1) is 33.9. The van der Waals surface area contributed by atoms with Crippen molar-refractivity contribution in [2.24, 2.45) is 0 Å². The maximum absolute atomic E-state index is 12.2. The lowest BCUT2D eigenvalue weighted by Crippen LogP contribution is -2.23. The molecule has 0 aliphatic carbocycles. The van der Waals surface area contributed by atoms with Gasteiger partial charge in [0.05, 0.1) is 0 Å². The van der Waals surface area contributed by atoms with Gasteiger partial charge in [-0.15, -0.1) is 0 Å². The minimum Gasteiger partial charge on any atom is -0.277 e. The fraction of sp³-hybridized carbons (Fsp3) is 0.676. The number of unbranched alkanes of at least 4 members (excludes halogenated alkanes) is 11. The van der Waals surface area contributed by atoms with Gasteiger partial charge in [-0.2, -0.15) is 4.89 Å². The summed E-state index contributed by atoms with van der Waals surface area (Å²) < 4.78 is 13.5. The molecule has 1 aliphatic heterocycles. The summed E-state index contributed by atoms with van der Waals surface area (Å²) in [5.74, 6) is 1.67. The standard InChI is InChI=1S/C37H60O3P/c1-10-11-12-13-14-15-16-17-18-19-20-21-22-41(38)39-34-30(23-28(2)25-32(34)36(4,5)6)27-31-24-29(3)26-33(35(31)40-41)37(7,8)9/h23-26,38H,10-22,27H2,1-9H3/q+1. The van der Waals surface area contributed by atoms with Crippen molar-refractivity contribution >= 4 is 7.94 Å². The Hall–Kier alpha value is -1.57. The zero-order valence-corrected chi connectivity index (χ0v) is 28.8. The van der Waals surface area contributed by atoms with Crippen LogP contribution in [0.3, 0.4) is 0 Å². The lowest BCUT2D eigenvalue weighted by Gasteiger charge is -2.31. The van der Waals surface area contributed by atoms with Gasteiger partial charge in [-0.05, 0) is 37.5 Å². The second kappa shape index (κ2) is 14.7. The predicted molar refractivity (Wildman–Crippen MR) is 179 cm³/mol. The van der Waals surface area contributed by atoms with Crippen molar-refractivity contribution in [2.75, 3.05) is 6.16 Å². The molecule has 230 valence electrons. The van der Waals surface area contributed by atoms with Gasteiger partial charge in [-0.1, -0.05) is 148 Å². The second-order valence-corrected chi connectivity index (χ2v) is 16.8. The van der Waals surface area contributed by atoms with Gasteiger partial charge in [0.2, 0.25) is 0 Å². The first-order chi connectivity index (χ1) is 19.2. The highest BCUT2D eigenvalue weighted by Crippen LogP contribution is 2.61. The third kappa shape index (κ3) is 10.00. The van der Waals surface area contributed by atoms with Crippen LogP contribution in [0.15, 0.2) is 24.3 Å². The van der Waals surface area contributed by atoms with Crippen molar-refractivity contribution in [3.05, 3.63) is 57.6 Å². The highest BCUT2D eigenvalue weighted by Gasteiger charge is 2.48. The number of hydrogen-bond acceptors (Lipinski definition) is 3. The Labute approximate surface area is 253 Å². The zero-order chi connectivity index (χ0) is 30.3. The molecule has 3 nitrogen and oxygen atoms in total. The quantitative estimate of drug-likeness (QED) is 0.188. The van der Waals surface area contributed by atoms with Crippen molar-refractivity contribution in [3.63, 3.8) is 0 Å². The van der Waals surface area contributed by atoms with Crippen LogP contribution in [-0.4, -0.2) is 11.1 Å². The van der Waals surface area contributed by atoms with Crippen LogP contribution < -0.4 is 9.05 Å². The van der Waals surface area contributed by atoms with Crippen LogP contribution in [0.25, 0.3) is 0 Å². The van der Waals surface area contributed by atoms with E-state index in [0.29, 0.717) is 6.16 Å². The average molecular weight is 584 g/mol. The Balaban J connectivity index is 1.79. The third-order valence-corrected chi connectivity index (χ3v) is 10.2. The molecule has 0 radical (unpaired) electrons. The molecule has 0 bridgehead atoms. The summed E-state index contributed by atoms with van der Waals surface area (Å²) in [7, 11) is -3.20. The predicted octanol–water partition coefficient (Wildman–Crippen LogP) is 11.7. The van der Waals surface area contributed by atoms with E-state index < -0.39 is 7.94 Å². The average Bonchev–Trinajstić information content (AvgIpc) is 2.85. The van der Waals surface area contributed by atoms with E-state index in [4.69, 9.17) is 9.05 Å². The van der Waals surface area contributed by atoms with Crippen LogP contribution in [0, 0.1) is 13.8 Å². The summed E-state index contributed by atoms with van der Waals surface area (Å²) in [4.78, 5) is 12.2. The topological polar surface area (TPSA) is 38.7 Å². The molecule has 0 amide bonds. The maximum Gasteiger partial charge on any atom is 0.495 e. The van der Waals surface area contributed by atoms with Gasteiger partial charge in [0.1, 0.15) is 0 Å². The van der Waals surface area contributed by atoms with Gasteiger partial charge in [0.25, 0.3) is 0 Å². The molecule has 1 N–H and O–H groups in total. The molecule has 0 unspecified atom stereocenters. The van der Waals surface area contributed by atoms with E-state index in [0.717, 1.165) is 53.0 Å². The molecule has 4 heteroatoms. The smallest absolute Gasteiger partial charge is 0.277 e. The molecule has 41 heavy (non-hydrogen) atoms. The molecule has 2 aromatic carbocycles. The van der Waals surface area contributed by atoms with Gasteiger partial charge < -0.3 is 0 Å². The van der Waals surface area contributed by atoms with Crippen LogP contribution in [0.5, 0.6) is 11.5 Å². The van der Waals surface area contributed by atoms with E-state index in [-0.39, 0.29) is 10.8 Å². The van der Waals surface area contributed by atoms with Crippen molar-refractivity contribution in [1.82, 2.24) is 0 Å². The first-order valence-corrected chi connectivity index (χ1v) is 18.3. The van der Waals surface area contributed by atoms with Crippen LogP contribution in [0.4, 0.5) is 0 Å². The summed E-state index contributed by atoms with van der Waals surface area (Å²) in [5.41, 5.74) is 6.84. The Morgan fingerprint density at radius 1 is 0.610 bits per heavy atom. The summed E-state index contributed by atoms with van der Waals surface area (Å²) >= 11 is 0. The Morgan fingerprint density at radius 3 is 1.34 bits per heavy atom. The highest BCUT2D eigenvalue weighted by atomic mass is 31.2. The third-order valence-electron chi connectivity index (χ3n) is 8.38. The van der Waals surface area contributed by atoms with Crippen LogP contribution in [0.1, 0.15) is 159 Å². The molecule has 0 aromatic heterocycles. The summed E-state index contributed by atoms with van der Waals surface area (Å²) in [6.07, 6.45) is 16.7. The number of hydrogen-bond donors (Lipinski definition) is 1. The first-order valence-electron chi connectivity index (χ1n) is 16.5.